The molecule has 0 bridgehead atoms. The number of benzene rings is 2. The lowest BCUT2D eigenvalue weighted by Gasteiger charge is -2.29. The standard InChI is InChI=1S/C20H25ClN2O4S2/c1-14-8-10-23(11-9-14)29(26,27)18-6-4-17(5-7-18)22-28(24,25)20-13-15(2)19(21)12-16(20)3/h4-7,12-14,22H,8-11H2,1-3H3. The molecule has 1 heterocycles. The molecule has 1 aliphatic rings. The zero-order valence-electron chi connectivity index (χ0n) is 16.6. The van der Waals surface area contributed by atoms with E-state index in [0.29, 0.717) is 40.8 Å². The molecule has 158 valence electrons. The van der Waals surface area contributed by atoms with Gasteiger partial charge >= 0.3 is 0 Å². The predicted octanol–water partition coefficient (Wildman–Crippen LogP) is 4.18. The Morgan fingerprint density at radius 2 is 1.55 bits per heavy atom. The van der Waals surface area contributed by atoms with E-state index in [1.54, 1.807) is 19.9 Å². The first-order chi connectivity index (χ1) is 13.5. The van der Waals surface area contributed by atoms with Crippen LogP contribution in [-0.2, 0) is 20.0 Å². The van der Waals surface area contributed by atoms with Crippen molar-refractivity contribution in [2.45, 2.75) is 43.4 Å². The van der Waals surface area contributed by atoms with Crippen LogP contribution in [0.2, 0.25) is 5.02 Å². The summed E-state index contributed by atoms with van der Waals surface area (Å²) < 4.78 is 55.1. The van der Waals surface area contributed by atoms with Crippen LogP contribution in [-0.4, -0.2) is 34.2 Å². The fourth-order valence-corrected chi connectivity index (χ4v) is 6.38. The molecule has 1 aliphatic heterocycles. The van der Waals surface area contributed by atoms with Gasteiger partial charge in [0.25, 0.3) is 10.0 Å². The first-order valence-electron chi connectivity index (χ1n) is 9.40. The maximum absolute atomic E-state index is 12.8. The minimum absolute atomic E-state index is 0.138. The molecule has 0 aliphatic carbocycles. The van der Waals surface area contributed by atoms with Crippen LogP contribution in [0.25, 0.3) is 0 Å². The van der Waals surface area contributed by atoms with Crippen molar-refractivity contribution in [1.29, 1.82) is 0 Å². The molecule has 0 spiro atoms. The molecule has 0 saturated carbocycles. The van der Waals surface area contributed by atoms with Gasteiger partial charge in [-0.2, -0.15) is 4.31 Å². The van der Waals surface area contributed by atoms with Gasteiger partial charge in [0.05, 0.1) is 9.79 Å². The van der Waals surface area contributed by atoms with Crippen LogP contribution in [0.5, 0.6) is 0 Å². The lowest BCUT2D eigenvalue weighted by atomic mass is 10.0. The van der Waals surface area contributed by atoms with Crippen molar-refractivity contribution in [3.63, 3.8) is 0 Å². The molecule has 0 aromatic heterocycles. The third kappa shape index (κ3) is 4.77. The lowest BCUT2D eigenvalue weighted by molar-refractivity contribution is 0.288. The third-order valence-electron chi connectivity index (χ3n) is 5.23. The third-order valence-corrected chi connectivity index (χ3v) is 9.08. The summed E-state index contributed by atoms with van der Waals surface area (Å²) in [6, 6.07) is 8.94. The zero-order chi connectivity index (χ0) is 21.4. The number of halogens is 1. The summed E-state index contributed by atoms with van der Waals surface area (Å²) in [7, 11) is -7.40. The molecular weight excluding hydrogens is 432 g/mol. The Hall–Kier alpha value is -1.61. The predicted molar refractivity (Wildman–Crippen MR) is 115 cm³/mol. The first kappa shape index (κ1) is 22.1. The van der Waals surface area contributed by atoms with Crippen molar-refractivity contribution in [3.05, 3.63) is 52.5 Å². The summed E-state index contributed by atoms with van der Waals surface area (Å²) in [5.41, 5.74) is 1.49. The van der Waals surface area contributed by atoms with Gasteiger partial charge in [-0.25, -0.2) is 16.8 Å². The fourth-order valence-electron chi connectivity index (χ4n) is 3.32. The number of nitrogens with zero attached hydrogens (tertiary/aromatic N) is 1. The maximum atomic E-state index is 12.8. The molecule has 0 atom stereocenters. The van der Waals surface area contributed by atoms with Crippen LogP contribution >= 0.6 is 11.6 Å². The van der Waals surface area contributed by atoms with Crippen LogP contribution in [0.4, 0.5) is 5.69 Å². The number of hydrogen-bond donors (Lipinski definition) is 1. The van der Waals surface area contributed by atoms with E-state index in [9.17, 15) is 16.8 Å². The Labute approximate surface area is 178 Å². The van der Waals surface area contributed by atoms with Crippen molar-refractivity contribution in [3.8, 4) is 0 Å². The highest BCUT2D eigenvalue weighted by Gasteiger charge is 2.28. The van der Waals surface area contributed by atoms with Crippen LogP contribution < -0.4 is 4.72 Å². The van der Waals surface area contributed by atoms with Crippen molar-refractivity contribution in [2.75, 3.05) is 17.8 Å². The first-order valence-corrected chi connectivity index (χ1v) is 12.7. The molecule has 29 heavy (non-hydrogen) atoms. The van der Waals surface area contributed by atoms with Crippen molar-refractivity contribution in [2.24, 2.45) is 5.92 Å². The Morgan fingerprint density at radius 1 is 0.966 bits per heavy atom. The highest BCUT2D eigenvalue weighted by Crippen LogP contribution is 2.27. The Kier molecular flexibility index (Phi) is 6.29. The van der Waals surface area contributed by atoms with Gasteiger partial charge in [-0.1, -0.05) is 18.5 Å². The van der Waals surface area contributed by atoms with E-state index >= 15 is 0 Å². The zero-order valence-corrected chi connectivity index (χ0v) is 19.0. The molecule has 0 unspecified atom stereocenters. The number of rotatable bonds is 5. The second-order valence-electron chi connectivity index (χ2n) is 7.58. The molecule has 1 saturated heterocycles. The van der Waals surface area contributed by atoms with E-state index in [0.717, 1.165) is 12.8 Å². The van der Waals surface area contributed by atoms with E-state index in [1.165, 1.54) is 34.6 Å². The highest BCUT2D eigenvalue weighted by atomic mass is 35.5. The molecule has 9 heteroatoms. The van der Waals surface area contributed by atoms with E-state index in [-0.39, 0.29) is 9.79 Å². The Bertz CT molecular complexity index is 1110. The van der Waals surface area contributed by atoms with Gasteiger partial charge in [0.2, 0.25) is 10.0 Å². The van der Waals surface area contributed by atoms with Gasteiger partial charge < -0.3 is 0 Å². The molecule has 0 radical (unpaired) electrons. The second-order valence-corrected chi connectivity index (χ2v) is 11.6. The number of aryl methyl sites for hydroxylation is 2. The Balaban J connectivity index is 1.81. The average Bonchev–Trinajstić information content (AvgIpc) is 2.65. The topological polar surface area (TPSA) is 83.5 Å². The average molecular weight is 457 g/mol. The molecule has 1 N–H and O–H groups in total. The summed E-state index contributed by atoms with van der Waals surface area (Å²) in [5, 5.41) is 0.503. The van der Waals surface area contributed by atoms with Gasteiger partial charge in [-0.05, 0) is 80.1 Å². The van der Waals surface area contributed by atoms with Gasteiger partial charge in [0.15, 0.2) is 0 Å². The summed E-state index contributed by atoms with van der Waals surface area (Å²) in [4.78, 5) is 0.298. The number of nitrogens with one attached hydrogen (secondary N) is 1. The van der Waals surface area contributed by atoms with Crippen LogP contribution in [0.15, 0.2) is 46.2 Å². The van der Waals surface area contributed by atoms with Crippen LogP contribution in [0.1, 0.15) is 30.9 Å². The summed E-state index contributed by atoms with van der Waals surface area (Å²) in [6.45, 7) is 6.55. The highest BCUT2D eigenvalue weighted by molar-refractivity contribution is 7.92. The molecule has 2 aromatic carbocycles. The number of anilines is 1. The van der Waals surface area contributed by atoms with Crippen molar-refractivity contribution in [1.82, 2.24) is 4.31 Å². The van der Waals surface area contributed by atoms with E-state index in [2.05, 4.69) is 11.6 Å². The van der Waals surface area contributed by atoms with Crippen LogP contribution in [0.3, 0.4) is 0 Å². The Morgan fingerprint density at radius 3 is 2.14 bits per heavy atom. The van der Waals surface area contributed by atoms with Gasteiger partial charge in [-0.3, -0.25) is 4.72 Å². The van der Waals surface area contributed by atoms with E-state index < -0.39 is 20.0 Å². The molecular formula is C20H25ClN2O4S2. The molecule has 0 amide bonds. The fraction of sp³-hybridized carbons (Fsp3) is 0.400. The summed E-state index contributed by atoms with van der Waals surface area (Å²) in [6.07, 6.45) is 1.69. The van der Waals surface area contributed by atoms with E-state index in [4.69, 9.17) is 11.6 Å². The SMILES string of the molecule is Cc1cc(S(=O)(=O)Nc2ccc(S(=O)(=O)N3CCC(C)CC3)cc2)c(C)cc1Cl. The molecule has 1 fully saturated rings. The monoisotopic (exact) mass is 456 g/mol. The molecule has 6 nitrogen and oxygen atoms in total. The number of sulfonamides is 2. The normalized spacial score (nSPS) is 16.7. The van der Waals surface area contributed by atoms with Crippen molar-refractivity contribution < 1.29 is 16.8 Å². The van der Waals surface area contributed by atoms with Gasteiger partial charge in [-0.15, -0.1) is 0 Å². The van der Waals surface area contributed by atoms with Crippen LogP contribution in [0, 0.1) is 19.8 Å². The molecule has 2 aromatic rings. The van der Waals surface area contributed by atoms with E-state index in [1.807, 2.05) is 0 Å². The lowest BCUT2D eigenvalue weighted by Crippen LogP contribution is -2.37. The number of hydrogen-bond acceptors (Lipinski definition) is 4. The maximum Gasteiger partial charge on any atom is 0.262 e. The largest absolute Gasteiger partial charge is 0.280 e. The van der Waals surface area contributed by atoms with Gasteiger partial charge in [0.1, 0.15) is 0 Å². The van der Waals surface area contributed by atoms with Crippen molar-refractivity contribution >= 4 is 37.3 Å². The quantitative estimate of drug-likeness (QED) is 0.731. The summed E-state index contributed by atoms with van der Waals surface area (Å²) in [5.74, 6) is 0.526. The number of piperidine rings is 1. The smallest absolute Gasteiger partial charge is 0.262 e. The second kappa shape index (κ2) is 8.26. The minimum atomic E-state index is -3.83. The summed E-state index contributed by atoms with van der Waals surface area (Å²) >= 11 is 6.05. The van der Waals surface area contributed by atoms with Gasteiger partial charge in [0, 0.05) is 23.8 Å². The minimum Gasteiger partial charge on any atom is -0.280 e. The molecule has 3 rings (SSSR count).